The molecule has 1 aliphatic heterocycles. The van der Waals surface area contributed by atoms with Gasteiger partial charge < -0.3 is 9.64 Å². The van der Waals surface area contributed by atoms with E-state index in [0.717, 1.165) is 41.1 Å². The zero-order valence-electron chi connectivity index (χ0n) is 33.4. The van der Waals surface area contributed by atoms with Gasteiger partial charge in [-0.1, -0.05) is 131 Å². The maximum absolute atomic E-state index is 7.27. The highest BCUT2D eigenvalue weighted by Crippen LogP contribution is 2.70. The summed E-state index contributed by atoms with van der Waals surface area (Å²) in [6.45, 7) is 9.79. The fourth-order valence-corrected chi connectivity index (χ4v) is 12.8. The number of benzene rings is 6. The third kappa shape index (κ3) is 5.07. The summed E-state index contributed by atoms with van der Waals surface area (Å²) in [6, 6.07) is 52.4. The van der Waals surface area contributed by atoms with Crippen molar-refractivity contribution >= 4 is 17.1 Å². The molecule has 0 amide bonds. The zero-order chi connectivity index (χ0) is 37.8. The van der Waals surface area contributed by atoms with E-state index in [1.54, 1.807) is 0 Å². The molecule has 0 aromatic heterocycles. The van der Waals surface area contributed by atoms with Crippen molar-refractivity contribution in [1.29, 1.82) is 0 Å². The van der Waals surface area contributed by atoms with Crippen LogP contribution in [0.25, 0.3) is 22.3 Å². The van der Waals surface area contributed by atoms with Crippen LogP contribution in [0.3, 0.4) is 0 Å². The van der Waals surface area contributed by atoms with E-state index in [-0.39, 0.29) is 16.2 Å². The average Bonchev–Trinajstić information content (AvgIpc) is 3.21. The van der Waals surface area contributed by atoms with Gasteiger partial charge in [0.2, 0.25) is 0 Å². The third-order valence-corrected chi connectivity index (χ3v) is 15.1. The van der Waals surface area contributed by atoms with E-state index >= 15 is 0 Å². The Bertz CT molecular complexity index is 2430. The molecule has 0 saturated heterocycles. The Kier molecular flexibility index (Phi) is 7.61. The molecule has 0 radical (unpaired) electrons. The van der Waals surface area contributed by atoms with Crippen LogP contribution in [0.4, 0.5) is 17.1 Å². The van der Waals surface area contributed by atoms with E-state index in [1.807, 2.05) is 0 Å². The lowest BCUT2D eigenvalue weighted by Crippen LogP contribution is -2.57. The fraction of sp³-hybridized carbons (Fsp3) is 0.333. The van der Waals surface area contributed by atoms with Gasteiger partial charge in [-0.05, 0) is 143 Å². The van der Waals surface area contributed by atoms with Gasteiger partial charge in [0, 0.05) is 28.3 Å². The molecule has 6 aliphatic rings. The lowest BCUT2D eigenvalue weighted by Gasteiger charge is -2.63. The fourth-order valence-electron chi connectivity index (χ4n) is 12.8. The predicted octanol–water partition coefficient (Wildman–Crippen LogP) is 14.7. The normalized spacial score (nSPS) is 25.9. The van der Waals surface area contributed by atoms with E-state index in [2.05, 4.69) is 172 Å². The molecule has 6 aromatic carbocycles. The molecular weight excluding hydrogens is 679 g/mol. The summed E-state index contributed by atoms with van der Waals surface area (Å²) >= 11 is 0. The van der Waals surface area contributed by atoms with Crippen LogP contribution in [0.2, 0.25) is 0 Å². The second-order valence-corrected chi connectivity index (χ2v) is 19.2. The molecule has 2 heteroatoms. The van der Waals surface area contributed by atoms with Gasteiger partial charge in [0.15, 0.2) is 0 Å². The third-order valence-electron chi connectivity index (χ3n) is 15.1. The number of para-hydroxylation sites is 1. The van der Waals surface area contributed by atoms with Crippen LogP contribution >= 0.6 is 0 Å². The molecule has 1 heterocycles. The summed E-state index contributed by atoms with van der Waals surface area (Å²) in [4.78, 5) is 2.57. The molecule has 1 spiro atoms. The van der Waals surface area contributed by atoms with E-state index in [0.29, 0.717) is 11.8 Å². The zero-order valence-corrected chi connectivity index (χ0v) is 33.4. The van der Waals surface area contributed by atoms with E-state index in [9.17, 15) is 0 Å². The van der Waals surface area contributed by atoms with Crippen molar-refractivity contribution < 1.29 is 4.74 Å². The standard InChI is InChI=1S/C54H53NO/c1-52(2)26-27-53(3,4)51-46(52)19-13-20-47(51)55(42-24-22-38(23-25-42)37-14-7-5-8-15-37)43-33-44(39-16-9-6-10-17-39)50-49(34-43)56-48-21-12-11-18-45(48)54(50)40-29-35-28-36(31-40)32-41(54)30-35/h5-25,33-36,40-41H,26-32H2,1-4H3. The largest absolute Gasteiger partial charge is 0.457 e. The molecule has 6 aromatic rings. The van der Waals surface area contributed by atoms with E-state index in [1.165, 1.54) is 88.7 Å². The summed E-state index contributed by atoms with van der Waals surface area (Å²) in [5.74, 6) is 5.09. The van der Waals surface area contributed by atoms with Crippen LogP contribution < -0.4 is 9.64 Å². The Balaban J connectivity index is 1.19. The topological polar surface area (TPSA) is 12.5 Å². The first-order chi connectivity index (χ1) is 27.2. The van der Waals surface area contributed by atoms with Crippen molar-refractivity contribution in [3.05, 3.63) is 162 Å². The Hall–Kier alpha value is -5.08. The summed E-state index contributed by atoms with van der Waals surface area (Å²) in [7, 11) is 0. The summed E-state index contributed by atoms with van der Waals surface area (Å²) in [6.07, 6.45) is 9.09. The smallest absolute Gasteiger partial charge is 0.134 e. The average molecular weight is 732 g/mol. The number of hydrogen-bond donors (Lipinski definition) is 0. The van der Waals surface area contributed by atoms with Gasteiger partial charge in [0.25, 0.3) is 0 Å². The van der Waals surface area contributed by atoms with Crippen LogP contribution in [0.15, 0.2) is 140 Å². The molecule has 4 bridgehead atoms. The van der Waals surface area contributed by atoms with Gasteiger partial charge in [-0.3, -0.25) is 0 Å². The van der Waals surface area contributed by atoms with Gasteiger partial charge in [-0.25, -0.2) is 0 Å². The Labute approximate surface area is 333 Å². The number of fused-ring (bicyclic) bond motifs is 3. The molecule has 4 fully saturated rings. The van der Waals surface area contributed by atoms with Crippen molar-refractivity contribution in [3.8, 4) is 33.8 Å². The number of ether oxygens (including phenoxy) is 1. The highest BCUT2D eigenvalue weighted by atomic mass is 16.5. The van der Waals surface area contributed by atoms with Gasteiger partial charge in [-0.15, -0.1) is 0 Å². The van der Waals surface area contributed by atoms with Crippen LogP contribution in [0, 0.1) is 23.7 Å². The number of nitrogens with zero attached hydrogens (tertiary/aromatic N) is 1. The number of hydrogen-bond acceptors (Lipinski definition) is 2. The van der Waals surface area contributed by atoms with Crippen LogP contribution in [0.5, 0.6) is 11.5 Å². The monoisotopic (exact) mass is 731 g/mol. The molecule has 0 unspecified atom stereocenters. The van der Waals surface area contributed by atoms with Gasteiger partial charge in [-0.2, -0.15) is 0 Å². The first kappa shape index (κ1) is 34.2. The SMILES string of the molecule is CC1(C)CCC(C)(C)c2c(N(c3ccc(-c4ccccc4)cc3)c3cc4c(c(-c5ccccc5)c3)C3(c5ccccc5O4)C4CC5CC(C4)CC3C5)cccc21. The predicted molar refractivity (Wildman–Crippen MR) is 232 cm³/mol. The van der Waals surface area contributed by atoms with Gasteiger partial charge in [0.1, 0.15) is 11.5 Å². The summed E-state index contributed by atoms with van der Waals surface area (Å²) in [5.41, 5.74) is 14.5. The molecular formula is C54H53NO. The minimum absolute atomic E-state index is 0.0139. The van der Waals surface area contributed by atoms with Gasteiger partial charge in [0.05, 0.1) is 11.4 Å². The first-order valence-electron chi connectivity index (χ1n) is 21.3. The minimum atomic E-state index is -0.0542. The second-order valence-electron chi connectivity index (χ2n) is 19.2. The van der Waals surface area contributed by atoms with Crippen LogP contribution in [-0.2, 0) is 16.2 Å². The van der Waals surface area contributed by atoms with Crippen molar-refractivity contribution in [2.45, 2.75) is 88.9 Å². The lowest BCUT2D eigenvalue weighted by atomic mass is 9.41. The Morgan fingerprint density at radius 3 is 1.77 bits per heavy atom. The first-order valence-corrected chi connectivity index (χ1v) is 21.3. The lowest BCUT2D eigenvalue weighted by molar-refractivity contribution is -0.0449. The highest BCUT2D eigenvalue weighted by molar-refractivity contribution is 5.87. The van der Waals surface area contributed by atoms with Crippen LogP contribution in [-0.4, -0.2) is 0 Å². The van der Waals surface area contributed by atoms with E-state index < -0.39 is 0 Å². The number of rotatable bonds is 5. The molecule has 4 saturated carbocycles. The van der Waals surface area contributed by atoms with E-state index in [4.69, 9.17) is 4.74 Å². The molecule has 56 heavy (non-hydrogen) atoms. The minimum Gasteiger partial charge on any atom is -0.457 e. The highest BCUT2D eigenvalue weighted by Gasteiger charge is 2.62. The molecule has 0 atom stereocenters. The van der Waals surface area contributed by atoms with Crippen molar-refractivity contribution in [2.75, 3.05) is 4.90 Å². The second kappa shape index (κ2) is 12.5. The quantitative estimate of drug-likeness (QED) is 0.175. The Morgan fingerprint density at radius 2 is 1.07 bits per heavy atom. The molecule has 12 rings (SSSR count). The van der Waals surface area contributed by atoms with Crippen molar-refractivity contribution in [2.24, 2.45) is 23.7 Å². The molecule has 5 aliphatic carbocycles. The molecule has 280 valence electrons. The van der Waals surface area contributed by atoms with Gasteiger partial charge >= 0.3 is 0 Å². The van der Waals surface area contributed by atoms with Crippen LogP contribution in [0.1, 0.15) is 94.9 Å². The number of anilines is 3. The Morgan fingerprint density at radius 1 is 0.482 bits per heavy atom. The molecule has 0 N–H and O–H groups in total. The van der Waals surface area contributed by atoms with Crippen molar-refractivity contribution in [1.82, 2.24) is 0 Å². The summed E-state index contributed by atoms with van der Waals surface area (Å²) in [5, 5.41) is 0. The summed E-state index contributed by atoms with van der Waals surface area (Å²) < 4.78 is 7.27. The van der Waals surface area contributed by atoms with Crippen molar-refractivity contribution in [3.63, 3.8) is 0 Å². The molecule has 2 nitrogen and oxygen atoms in total. The maximum Gasteiger partial charge on any atom is 0.134 e. The maximum atomic E-state index is 7.27.